The second-order valence-electron chi connectivity index (χ2n) is 8.11. The lowest BCUT2D eigenvalue weighted by Gasteiger charge is -2.31. The highest BCUT2D eigenvalue weighted by Crippen LogP contribution is 2.43. The topological polar surface area (TPSA) is 99.7 Å². The predicted molar refractivity (Wildman–Crippen MR) is 124 cm³/mol. The van der Waals surface area contributed by atoms with Gasteiger partial charge >= 0.3 is 6.18 Å². The van der Waals surface area contributed by atoms with Gasteiger partial charge < -0.3 is 15.4 Å². The first kappa shape index (κ1) is 23.8. The zero-order valence-corrected chi connectivity index (χ0v) is 19.5. The summed E-state index contributed by atoms with van der Waals surface area (Å²) in [4.78, 5) is 28.0. The third-order valence-corrected chi connectivity index (χ3v) is 6.98. The van der Waals surface area contributed by atoms with Crippen molar-refractivity contribution in [3.63, 3.8) is 0 Å². The molecule has 0 saturated carbocycles. The monoisotopic (exact) mass is 506 g/mol. The van der Waals surface area contributed by atoms with E-state index in [-0.39, 0.29) is 10.8 Å². The molecule has 2 N–H and O–H groups in total. The summed E-state index contributed by atoms with van der Waals surface area (Å²) in [7, 11) is 0. The minimum Gasteiger partial charge on any atom is -0.479 e. The van der Waals surface area contributed by atoms with Crippen LogP contribution in [0, 0.1) is 11.3 Å². The van der Waals surface area contributed by atoms with Crippen molar-refractivity contribution in [1.29, 1.82) is 5.26 Å². The van der Waals surface area contributed by atoms with Gasteiger partial charge in [0.2, 0.25) is 0 Å². The van der Waals surface area contributed by atoms with Gasteiger partial charge in [-0.1, -0.05) is 0 Å². The van der Waals surface area contributed by atoms with Gasteiger partial charge in [-0.2, -0.15) is 18.4 Å². The molecule has 0 bridgehead atoms. The van der Waals surface area contributed by atoms with E-state index < -0.39 is 40.8 Å². The lowest BCUT2D eigenvalue weighted by atomic mass is 10.0. The zero-order valence-electron chi connectivity index (χ0n) is 17.8. The number of carbonyl (C=O) groups excluding carboxylic acids is 2. The Morgan fingerprint density at radius 1 is 1.26 bits per heavy atom. The molecule has 0 spiro atoms. The SMILES string of the molecule is CC1(C)C(=O)N(c2ccc(C#N)c(C(F)(F)F)c2)C(=S)N1c1ccc2c(c1)SC[C@H](C(N)=O)O2. The van der Waals surface area contributed by atoms with Crippen LogP contribution in [-0.4, -0.2) is 34.3 Å². The number of primary amides is 1. The molecule has 2 aliphatic heterocycles. The summed E-state index contributed by atoms with van der Waals surface area (Å²) in [6.07, 6.45) is -5.54. The number of thiocarbonyl (C=S) groups is 1. The Kier molecular flexibility index (Phi) is 5.73. The number of halogens is 3. The number of thioether (sulfide) groups is 1. The highest BCUT2D eigenvalue weighted by Gasteiger charge is 2.51. The number of carbonyl (C=O) groups is 2. The first-order valence-corrected chi connectivity index (χ1v) is 11.3. The lowest BCUT2D eigenvalue weighted by Crippen LogP contribution is -2.44. The molecule has 176 valence electrons. The number of fused-ring (bicyclic) bond motifs is 1. The van der Waals surface area contributed by atoms with Gasteiger partial charge in [0.1, 0.15) is 11.3 Å². The van der Waals surface area contributed by atoms with Crippen molar-refractivity contribution in [2.45, 2.75) is 36.6 Å². The van der Waals surface area contributed by atoms with E-state index in [1.54, 1.807) is 36.9 Å². The quantitative estimate of drug-likeness (QED) is 0.632. The fourth-order valence-corrected chi connectivity index (χ4v) is 5.35. The number of rotatable bonds is 3. The van der Waals surface area contributed by atoms with Crippen molar-refractivity contribution < 1.29 is 27.5 Å². The van der Waals surface area contributed by atoms with Crippen molar-refractivity contribution in [1.82, 2.24) is 0 Å². The molecule has 2 aromatic carbocycles. The van der Waals surface area contributed by atoms with Crippen LogP contribution in [0.3, 0.4) is 0 Å². The number of benzene rings is 2. The number of ether oxygens (including phenoxy) is 1. The molecule has 2 amide bonds. The summed E-state index contributed by atoms with van der Waals surface area (Å²) in [6.45, 7) is 3.23. The van der Waals surface area contributed by atoms with Crippen LogP contribution in [0.2, 0.25) is 0 Å². The van der Waals surface area contributed by atoms with E-state index in [0.717, 1.165) is 17.0 Å². The van der Waals surface area contributed by atoms with Crippen LogP contribution in [0.4, 0.5) is 24.5 Å². The van der Waals surface area contributed by atoms with E-state index >= 15 is 0 Å². The Morgan fingerprint density at radius 2 is 1.94 bits per heavy atom. The first-order chi connectivity index (χ1) is 15.9. The third kappa shape index (κ3) is 3.84. The smallest absolute Gasteiger partial charge is 0.417 e. The van der Waals surface area contributed by atoms with Crippen molar-refractivity contribution in [3.05, 3.63) is 47.5 Å². The third-order valence-electron chi connectivity index (χ3n) is 5.52. The van der Waals surface area contributed by atoms with Crippen molar-refractivity contribution >= 4 is 52.3 Å². The predicted octanol–water partition coefficient (Wildman–Crippen LogP) is 3.83. The van der Waals surface area contributed by atoms with E-state index in [2.05, 4.69) is 0 Å². The average Bonchev–Trinajstić information content (AvgIpc) is 2.95. The Labute approximate surface area is 202 Å². The molecule has 0 unspecified atom stereocenters. The van der Waals surface area contributed by atoms with E-state index in [4.69, 9.17) is 28.0 Å². The Morgan fingerprint density at radius 3 is 2.56 bits per heavy atom. The van der Waals surface area contributed by atoms with E-state index in [1.807, 2.05) is 0 Å². The van der Waals surface area contributed by atoms with Gasteiger partial charge in [-0.3, -0.25) is 14.5 Å². The number of hydrogen-bond donors (Lipinski definition) is 1. The summed E-state index contributed by atoms with van der Waals surface area (Å²) in [5, 5.41) is 9.05. The van der Waals surface area contributed by atoms with Gasteiger partial charge in [0.05, 0.1) is 27.8 Å². The molecule has 4 rings (SSSR count). The fraction of sp³-hybridized carbons (Fsp3) is 0.273. The van der Waals surface area contributed by atoms with E-state index in [1.165, 1.54) is 23.9 Å². The minimum absolute atomic E-state index is 0.00970. The largest absolute Gasteiger partial charge is 0.479 e. The normalized spacial score (nSPS) is 19.5. The van der Waals surface area contributed by atoms with Gasteiger partial charge in [-0.15, -0.1) is 11.8 Å². The Bertz CT molecular complexity index is 1270. The number of nitrogens with two attached hydrogens (primary N) is 1. The molecule has 0 aromatic heterocycles. The van der Waals surface area contributed by atoms with Crippen LogP contribution in [0.1, 0.15) is 25.0 Å². The maximum Gasteiger partial charge on any atom is 0.417 e. The molecule has 1 saturated heterocycles. The molecule has 1 fully saturated rings. The molecule has 1 atom stereocenters. The van der Waals surface area contributed by atoms with Crippen LogP contribution < -0.4 is 20.3 Å². The summed E-state index contributed by atoms with van der Waals surface area (Å²) >= 11 is 6.90. The number of anilines is 2. The molecule has 34 heavy (non-hydrogen) atoms. The molecule has 2 aliphatic rings. The van der Waals surface area contributed by atoms with Crippen LogP contribution in [0.5, 0.6) is 5.75 Å². The summed E-state index contributed by atoms with van der Waals surface area (Å²) in [5.41, 5.74) is 2.85. The van der Waals surface area contributed by atoms with Gasteiger partial charge in [-0.25, -0.2) is 0 Å². The molecule has 0 aliphatic carbocycles. The molecular weight excluding hydrogens is 489 g/mol. The van der Waals surface area contributed by atoms with Crippen LogP contribution in [0.15, 0.2) is 41.3 Å². The number of alkyl halides is 3. The van der Waals surface area contributed by atoms with Gasteiger partial charge in [0, 0.05) is 11.4 Å². The van der Waals surface area contributed by atoms with E-state index in [0.29, 0.717) is 22.1 Å². The second-order valence-corrected chi connectivity index (χ2v) is 9.53. The molecule has 7 nitrogen and oxygen atoms in total. The standard InChI is InChI=1S/C22H17F3N4O3S2/c1-21(2)19(31)28(12-4-3-11(9-26)14(7-12)22(23,24)25)20(33)29(21)13-5-6-15-17(8-13)34-10-16(32-15)18(27)30/h3-8,16H,10H2,1-2H3,(H2,27,30)/t16-/m1/s1. The number of nitrogens with zero attached hydrogens (tertiary/aromatic N) is 3. The molecule has 12 heteroatoms. The maximum atomic E-state index is 13.5. The van der Waals surface area contributed by atoms with Crippen molar-refractivity contribution in [3.8, 4) is 11.8 Å². The van der Waals surface area contributed by atoms with Gasteiger partial charge in [0.15, 0.2) is 11.2 Å². The lowest BCUT2D eigenvalue weighted by molar-refractivity contribution is -0.137. The van der Waals surface area contributed by atoms with Crippen molar-refractivity contribution in [2.24, 2.45) is 5.73 Å². The number of amides is 2. The molecule has 2 heterocycles. The van der Waals surface area contributed by atoms with Gasteiger partial charge in [0.25, 0.3) is 11.8 Å². The van der Waals surface area contributed by atoms with Crippen LogP contribution >= 0.6 is 24.0 Å². The average molecular weight is 507 g/mol. The van der Waals surface area contributed by atoms with Crippen LogP contribution in [-0.2, 0) is 15.8 Å². The molecular formula is C22H17F3N4O3S2. The fourth-order valence-electron chi connectivity index (χ4n) is 3.80. The van der Waals surface area contributed by atoms with Crippen LogP contribution in [0.25, 0.3) is 0 Å². The summed E-state index contributed by atoms with van der Waals surface area (Å²) in [6, 6.07) is 9.57. The zero-order chi connectivity index (χ0) is 25.0. The Balaban J connectivity index is 1.73. The second kappa shape index (κ2) is 8.18. The summed E-state index contributed by atoms with van der Waals surface area (Å²) < 4.78 is 46.1. The maximum absolute atomic E-state index is 13.5. The number of hydrogen-bond acceptors (Lipinski definition) is 6. The minimum atomic E-state index is -4.78. The Hall–Kier alpha value is -3.30. The molecule has 2 aromatic rings. The highest BCUT2D eigenvalue weighted by molar-refractivity contribution is 7.99. The van der Waals surface area contributed by atoms with E-state index in [9.17, 15) is 22.8 Å². The van der Waals surface area contributed by atoms with Crippen molar-refractivity contribution in [2.75, 3.05) is 15.6 Å². The summed E-state index contributed by atoms with van der Waals surface area (Å²) in [5.74, 6) is -0.329. The van der Waals surface area contributed by atoms with Gasteiger partial charge in [-0.05, 0) is 62.5 Å². The highest BCUT2D eigenvalue weighted by atomic mass is 32.2. The molecule has 0 radical (unpaired) electrons. The first-order valence-electron chi connectivity index (χ1n) is 9.89. The number of nitriles is 1.